The van der Waals surface area contributed by atoms with E-state index < -0.39 is 0 Å². The number of piperazine rings is 1. The van der Waals surface area contributed by atoms with Crippen LogP contribution in [0.25, 0.3) is 32.8 Å². The highest BCUT2D eigenvalue weighted by molar-refractivity contribution is 6.01. The summed E-state index contributed by atoms with van der Waals surface area (Å²) in [7, 11) is 2.13. The van der Waals surface area contributed by atoms with Crippen molar-refractivity contribution in [2.45, 2.75) is 56.7 Å². The Bertz CT molecular complexity index is 1720. The lowest BCUT2D eigenvalue weighted by Crippen LogP contribution is -2.56. The first-order valence-corrected chi connectivity index (χ1v) is 15.3. The van der Waals surface area contributed by atoms with Crippen molar-refractivity contribution < 1.29 is 14.6 Å². The SMILES string of the molecule is CN1CCC[C@H]1COc1nc(N2C[C@H]3CC[C@@H](C2)N3C(=O)CCC#N)c2ccc(-c3cc(O)cc4ccccc34)cc2n1. The Kier molecular flexibility index (Phi) is 7.23. The van der Waals surface area contributed by atoms with E-state index in [1.165, 1.54) is 0 Å². The standard InChI is InChI=1S/C34H36N6O3/c1-38-15-5-7-26(38)21-43-34-36-31-17-23(30-18-27(41)16-22-6-2-3-8-28(22)30)10-13-29(31)33(37-34)39-19-24-11-12-25(20-39)40(24)32(42)9-4-14-35/h2-3,6,8,10,13,16-18,24-26,41H,4-5,7,9,11-12,15,19-21H2,1H3/t24-,25+,26-/m0/s1. The molecule has 1 N–H and O–H groups in total. The van der Waals surface area contributed by atoms with Gasteiger partial charge in [0.15, 0.2) is 0 Å². The molecule has 9 heteroatoms. The molecular weight excluding hydrogens is 540 g/mol. The molecule has 3 aromatic carbocycles. The minimum Gasteiger partial charge on any atom is -0.508 e. The maximum Gasteiger partial charge on any atom is 0.319 e. The summed E-state index contributed by atoms with van der Waals surface area (Å²) in [5.41, 5.74) is 2.68. The van der Waals surface area contributed by atoms with Crippen LogP contribution in [0.4, 0.5) is 5.82 Å². The Morgan fingerprint density at radius 1 is 1.05 bits per heavy atom. The predicted octanol–water partition coefficient (Wildman–Crippen LogP) is 5.11. The van der Waals surface area contributed by atoms with E-state index in [2.05, 4.69) is 47.2 Å². The molecular formula is C34H36N6O3. The van der Waals surface area contributed by atoms with Gasteiger partial charge in [0.25, 0.3) is 0 Å². The van der Waals surface area contributed by atoms with Crippen molar-refractivity contribution in [1.82, 2.24) is 19.8 Å². The Morgan fingerprint density at radius 2 is 1.86 bits per heavy atom. The zero-order valence-electron chi connectivity index (χ0n) is 24.4. The highest BCUT2D eigenvalue weighted by Crippen LogP contribution is 2.38. The monoisotopic (exact) mass is 576 g/mol. The summed E-state index contributed by atoms with van der Waals surface area (Å²) in [4.78, 5) is 29.5. The summed E-state index contributed by atoms with van der Waals surface area (Å²) in [6.07, 6.45) is 4.69. The molecule has 43 heavy (non-hydrogen) atoms. The van der Waals surface area contributed by atoms with Gasteiger partial charge in [-0.1, -0.05) is 30.3 Å². The van der Waals surface area contributed by atoms with E-state index in [9.17, 15) is 9.90 Å². The zero-order valence-corrected chi connectivity index (χ0v) is 24.4. The summed E-state index contributed by atoms with van der Waals surface area (Å²) in [6, 6.07) is 20.9. The zero-order chi connectivity index (χ0) is 29.5. The first kappa shape index (κ1) is 27.4. The van der Waals surface area contributed by atoms with Gasteiger partial charge in [0.05, 0.1) is 11.6 Å². The molecule has 3 saturated heterocycles. The molecule has 1 amide bonds. The average molecular weight is 577 g/mol. The number of fused-ring (bicyclic) bond motifs is 4. The fourth-order valence-electron chi connectivity index (χ4n) is 7.23. The molecule has 3 aliphatic rings. The van der Waals surface area contributed by atoms with E-state index in [4.69, 9.17) is 20.0 Å². The molecule has 0 saturated carbocycles. The van der Waals surface area contributed by atoms with Crippen molar-refractivity contribution in [2.75, 3.05) is 38.2 Å². The minimum atomic E-state index is 0.0777. The van der Waals surface area contributed by atoms with E-state index in [1.807, 2.05) is 23.1 Å². The molecule has 3 atom stereocenters. The number of carbonyl (C=O) groups excluding carboxylic acids is 1. The van der Waals surface area contributed by atoms with Crippen LogP contribution in [0.5, 0.6) is 11.8 Å². The lowest BCUT2D eigenvalue weighted by molar-refractivity contribution is -0.134. The number of nitrogens with zero attached hydrogens (tertiary/aromatic N) is 6. The number of aromatic hydroxyl groups is 1. The highest BCUT2D eigenvalue weighted by Gasteiger charge is 2.43. The third-order valence-corrected chi connectivity index (χ3v) is 9.41. The lowest BCUT2D eigenvalue weighted by Gasteiger charge is -2.42. The topological polar surface area (TPSA) is 106 Å². The van der Waals surface area contributed by atoms with Crippen LogP contribution >= 0.6 is 0 Å². The Labute approximate surface area is 251 Å². The number of hydrogen-bond donors (Lipinski definition) is 1. The Balaban J connectivity index is 1.27. The van der Waals surface area contributed by atoms with Gasteiger partial charge in [0, 0.05) is 49.4 Å². The number of phenolic OH excluding ortho intramolecular Hbond substituents is 1. The quantitative estimate of drug-likeness (QED) is 0.324. The highest BCUT2D eigenvalue weighted by atomic mass is 16.5. The number of carbonyl (C=O) groups is 1. The van der Waals surface area contributed by atoms with Crippen LogP contribution < -0.4 is 9.64 Å². The van der Waals surface area contributed by atoms with E-state index in [0.29, 0.717) is 31.7 Å². The van der Waals surface area contributed by atoms with Crippen LogP contribution in [0.3, 0.4) is 0 Å². The largest absolute Gasteiger partial charge is 0.508 e. The molecule has 4 heterocycles. The normalized spacial score (nSPS) is 21.9. The summed E-state index contributed by atoms with van der Waals surface area (Å²) >= 11 is 0. The molecule has 4 aromatic rings. The number of likely N-dealkylation sites (tertiary alicyclic amines) is 1. The van der Waals surface area contributed by atoms with Gasteiger partial charge in [-0.3, -0.25) is 4.79 Å². The van der Waals surface area contributed by atoms with Crippen LogP contribution in [-0.4, -0.2) is 82.2 Å². The number of aromatic nitrogens is 2. The summed E-state index contributed by atoms with van der Waals surface area (Å²) in [5, 5.41) is 22.5. The maximum absolute atomic E-state index is 12.9. The Morgan fingerprint density at radius 3 is 2.63 bits per heavy atom. The second-order valence-corrected chi connectivity index (χ2v) is 12.1. The second kappa shape index (κ2) is 11.3. The molecule has 220 valence electrons. The van der Waals surface area contributed by atoms with Crippen molar-refractivity contribution in [3.8, 4) is 29.0 Å². The molecule has 0 aliphatic carbocycles. The minimum absolute atomic E-state index is 0.0777. The predicted molar refractivity (Wildman–Crippen MR) is 166 cm³/mol. The van der Waals surface area contributed by atoms with Gasteiger partial charge < -0.3 is 24.5 Å². The smallest absolute Gasteiger partial charge is 0.319 e. The van der Waals surface area contributed by atoms with E-state index in [1.54, 1.807) is 12.1 Å². The molecule has 9 nitrogen and oxygen atoms in total. The number of amides is 1. The van der Waals surface area contributed by atoms with E-state index in [0.717, 1.165) is 70.8 Å². The number of nitriles is 1. The third kappa shape index (κ3) is 5.21. The van der Waals surface area contributed by atoms with E-state index in [-0.39, 0.29) is 36.6 Å². The first-order chi connectivity index (χ1) is 21.0. The lowest BCUT2D eigenvalue weighted by atomic mass is 9.97. The summed E-state index contributed by atoms with van der Waals surface area (Å²) < 4.78 is 6.28. The number of benzene rings is 3. The number of anilines is 1. The number of hydrogen-bond acceptors (Lipinski definition) is 8. The van der Waals surface area contributed by atoms with Crippen LogP contribution in [-0.2, 0) is 4.79 Å². The molecule has 0 spiro atoms. The molecule has 3 aliphatic heterocycles. The van der Waals surface area contributed by atoms with Crippen LogP contribution in [0.1, 0.15) is 38.5 Å². The van der Waals surface area contributed by atoms with Gasteiger partial charge >= 0.3 is 6.01 Å². The molecule has 0 unspecified atom stereocenters. The van der Waals surface area contributed by atoms with Crippen LogP contribution in [0.2, 0.25) is 0 Å². The fourth-order valence-corrected chi connectivity index (χ4v) is 7.23. The van der Waals surface area contributed by atoms with Crippen molar-refractivity contribution in [2.24, 2.45) is 0 Å². The van der Waals surface area contributed by atoms with Gasteiger partial charge in [0.2, 0.25) is 5.91 Å². The van der Waals surface area contributed by atoms with Gasteiger partial charge in [-0.05, 0) is 85.4 Å². The van der Waals surface area contributed by atoms with Gasteiger partial charge in [-0.15, -0.1) is 0 Å². The third-order valence-electron chi connectivity index (χ3n) is 9.41. The van der Waals surface area contributed by atoms with Gasteiger partial charge in [-0.25, -0.2) is 0 Å². The maximum atomic E-state index is 12.9. The second-order valence-electron chi connectivity index (χ2n) is 12.1. The number of likely N-dealkylation sites (N-methyl/N-ethyl adjacent to an activating group) is 1. The molecule has 7 rings (SSSR count). The van der Waals surface area contributed by atoms with Crippen LogP contribution in [0.15, 0.2) is 54.6 Å². The molecule has 1 aromatic heterocycles. The van der Waals surface area contributed by atoms with Crippen molar-refractivity contribution in [1.29, 1.82) is 5.26 Å². The molecule has 0 radical (unpaired) electrons. The average Bonchev–Trinajstić information content (AvgIpc) is 3.55. The molecule has 3 fully saturated rings. The van der Waals surface area contributed by atoms with Crippen LogP contribution in [0, 0.1) is 11.3 Å². The summed E-state index contributed by atoms with van der Waals surface area (Å²) in [5.74, 6) is 1.13. The number of ether oxygens (including phenoxy) is 1. The number of rotatable bonds is 7. The van der Waals surface area contributed by atoms with Crippen molar-refractivity contribution >= 4 is 33.4 Å². The van der Waals surface area contributed by atoms with Crippen molar-refractivity contribution in [3.05, 3.63) is 54.6 Å². The first-order valence-electron chi connectivity index (χ1n) is 15.3. The van der Waals surface area contributed by atoms with Gasteiger partial charge in [0.1, 0.15) is 18.2 Å². The fraction of sp³-hybridized carbons (Fsp3) is 0.412. The van der Waals surface area contributed by atoms with Crippen molar-refractivity contribution in [3.63, 3.8) is 0 Å². The molecule has 2 bridgehead atoms. The van der Waals surface area contributed by atoms with Gasteiger partial charge in [-0.2, -0.15) is 15.2 Å². The summed E-state index contributed by atoms with van der Waals surface area (Å²) in [6.45, 7) is 2.97. The Hall–Kier alpha value is -4.42. The number of phenols is 1. The van der Waals surface area contributed by atoms with E-state index >= 15 is 0 Å².